The van der Waals surface area contributed by atoms with Gasteiger partial charge in [0.2, 0.25) is 11.9 Å². The molecule has 0 radical (unpaired) electrons. The minimum atomic E-state index is 0.133. The molecule has 0 atom stereocenters. The zero-order valence-electron chi connectivity index (χ0n) is 10.7. The van der Waals surface area contributed by atoms with Gasteiger partial charge in [0.25, 0.3) is 0 Å². The number of nitrogens with one attached hydrogen (secondary N) is 3. The average molecular weight is 261 g/mol. The molecule has 1 aliphatic rings. The van der Waals surface area contributed by atoms with Crippen LogP contribution in [0.1, 0.15) is 12.8 Å². The molecule has 1 aliphatic carbocycles. The second-order valence-corrected chi connectivity index (χ2v) is 4.43. The topological polar surface area (TPSA) is 91.5 Å². The SMILES string of the molecule is NNC(=NCCNC(=O)C1CC1)Nc1ccccc1. The van der Waals surface area contributed by atoms with E-state index < -0.39 is 0 Å². The van der Waals surface area contributed by atoms with Crippen LogP contribution in [-0.4, -0.2) is 25.0 Å². The molecule has 0 spiro atoms. The van der Waals surface area contributed by atoms with Crippen molar-refractivity contribution in [2.45, 2.75) is 12.8 Å². The van der Waals surface area contributed by atoms with E-state index in [1.54, 1.807) is 0 Å². The number of rotatable bonds is 5. The Morgan fingerprint density at radius 2 is 2.05 bits per heavy atom. The van der Waals surface area contributed by atoms with Gasteiger partial charge in [-0.15, -0.1) is 0 Å². The Morgan fingerprint density at radius 1 is 1.32 bits per heavy atom. The molecule has 5 N–H and O–H groups in total. The number of benzene rings is 1. The quantitative estimate of drug-likeness (QED) is 0.203. The Labute approximate surface area is 112 Å². The fraction of sp³-hybridized carbons (Fsp3) is 0.385. The van der Waals surface area contributed by atoms with Gasteiger partial charge in [-0.05, 0) is 25.0 Å². The van der Waals surface area contributed by atoms with Crippen molar-refractivity contribution in [3.05, 3.63) is 30.3 Å². The van der Waals surface area contributed by atoms with Gasteiger partial charge in [-0.25, -0.2) is 5.84 Å². The van der Waals surface area contributed by atoms with Gasteiger partial charge in [-0.1, -0.05) is 18.2 Å². The van der Waals surface area contributed by atoms with Crippen LogP contribution in [0.5, 0.6) is 0 Å². The number of amides is 1. The molecule has 0 aliphatic heterocycles. The van der Waals surface area contributed by atoms with Crippen LogP contribution in [0.15, 0.2) is 35.3 Å². The first kappa shape index (κ1) is 13.4. The largest absolute Gasteiger partial charge is 0.354 e. The van der Waals surface area contributed by atoms with E-state index in [2.05, 4.69) is 21.1 Å². The monoisotopic (exact) mass is 261 g/mol. The number of hydrogen-bond acceptors (Lipinski definition) is 3. The standard InChI is InChI=1S/C13H19N5O/c14-18-13(17-11-4-2-1-3-5-11)16-9-8-15-12(19)10-6-7-10/h1-5,10H,6-9,14H2,(H,15,19)(H2,16,17,18). The molecule has 1 saturated carbocycles. The summed E-state index contributed by atoms with van der Waals surface area (Å²) in [5.41, 5.74) is 3.40. The Hall–Kier alpha value is -2.08. The number of carbonyl (C=O) groups is 1. The number of aliphatic imine (C=N–C) groups is 1. The van der Waals surface area contributed by atoms with Crippen LogP contribution in [0, 0.1) is 5.92 Å². The Balaban J connectivity index is 1.73. The number of para-hydroxylation sites is 1. The first-order chi connectivity index (χ1) is 9.29. The van der Waals surface area contributed by atoms with Crippen LogP contribution < -0.4 is 21.9 Å². The zero-order chi connectivity index (χ0) is 13.5. The van der Waals surface area contributed by atoms with Gasteiger partial charge in [0.1, 0.15) is 0 Å². The number of anilines is 1. The summed E-state index contributed by atoms with van der Waals surface area (Å²) in [6.07, 6.45) is 2.03. The molecule has 1 aromatic rings. The van der Waals surface area contributed by atoms with Crippen molar-refractivity contribution in [3.8, 4) is 0 Å². The third kappa shape index (κ3) is 4.59. The molecule has 6 nitrogen and oxygen atoms in total. The van der Waals surface area contributed by atoms with E-state index in [0.717, 1.165) is 18.5 Å². The summed E-state index contributed by atoms with van der Waals surface area (Å²) in [6.45, 7) is 1.01. The highest BCUT2D eigenvalue weighted by molar-refractivity contribution is 5.93. The van der Waals surface area contributed by atoms with Crippen LogP contribution in [-0.2, 0) is 4.79 Å². The van der Waals surface area contributed by atoms with Crippen LogP contribution in [0.4, 0.5) is 5.69 Å². The molecule has 19 heavy (non-hydrogen) atoms. The van der Waals surface area contributed by atoms with E-state index in [1.165, 1.54) is 0 Å². The summed E-state index contributed by atoms with van der Waals surface area (Å²) in [7, 11) is 0. The van der Waals surface area contributed by atoms with Gasteiger partial charge in [0.05, 0.1) is 6.54 Å². The summed E-state index contributed by atoms with van der Waals surface area (Å²) in [5.74, 6) is 6.24. The Kier molecular flexibility index (Phi) is 4.74. The lowest BCUT2D eigenvalue weighted by molar-refractivity contribution is -0.122. The van der Waals surface area contributed by atoms with Gasteiger partial charge in [-0.2, -0.15) is 0 Å². The lowest BCUT2D eigenvalue weighted by atomic mass is 10.3. The maximum Gasteiger partial charge on any atom is 0.223 e. The van der Waals surface area contributed by atoms with Crippen LogP contribution in [0.3, 0.4) is 0 Å². The summed E-state index contributed by atoms with van der Waals surface area (Å²) >= 11 is 0. The summed E-state index contributed by atoms with van der Waals surface area (Å²) < 4.78 is 0. The molecule has 6 heteroatoms. The molecule has 102 valence electrons. The van der Waals surface area contributed by atoms with E-state index in [0.29, 0.717) is 19.0 Å². The van der Waals surface area contributed by atoms with Crippen molar-refractivity contribution >= 4 is 17.6 Å². The first-order valence-corrected chi connectivity index (χ1v) is 6.40. The van der Waals surface area contributed by atoms with Crippen LogP contribution in [0.2, 0.25) is 0 Å². The lowest BCUT2D eigenvalue weighted by Crippen LogP contribution is -2.37. The molecule has 0 bridgehead atoms. The third-order valence-corrected chi connectivity index (χ3v) is 2.80. The van der Waals surface area contributed by atoms with E-state index in [9.17, 15) is 4.79 Å². The first-order valence-electron chi connectivity index (χ1n) is 6.40. The van der Waals surface area contributed by atoms with Crippen LogP contribution >= 0.6 is 0 Å². The fourth-order valence-corrected chi connectivity index (χ4v) is 1.62. The number of nitrogens with zero attached hydrogens (tertiary/aromatic N) is 1. The number of nitrogens with two attached hydrogens (primary N) is 1. The van der Waals surface area contributed by atoms with E-state index in [4.69, 9.17) is 5.84 Å². The zero-order valence-corrected chi connectivity index (χ0v) is 10.7. The lowest BCUT2D eigenvalue weighted by Gasteiger charge is -2.09. The van der Waals surface area contributed by atoms with Crippen molar-refractivity contribution in [2.75, 3.05) is 18.4 Å². The van der Waals surface area contributed by atoms with Gasteiger partial charge in [0.15, 0.2) is 0 Å². The molecule has 1 fully saturated rings. The maximum absolute atomic E-state index is 11.4. The smallest absolute Gasteiger partial charge is 0.223 e. The van der Waals surface area contributed by atoms with Crippen molar-refractivity contribution in [1.82, 2.24) is 10.7 Å². The van der Waals surface area contributed by atoms with Crippen LogP contribution in [0.25, 0.3) is 0 Å². The summed E-state index contributed by atoms with van der Waals surface area (Å²) in [5, 5.41) is 5.90. The van der Waals surface area contributed by atoms with Crippen molar-refractivity contribution in [2.24, 2.45) is 16.8 Å². The third-order valence-electron chi connectivity index (χ3n) is 2.80. The molecular weight excluding hydrogens is 242 g/mol. The van der Waals surface area contributed by atoms with Crippen molar-refractivity contribution < 1.29 is 4.79 Å². The van der Waals surface area contributed by atoms with E-state index in [-0.39, 0.29) is 11.8 Å². The summed E-state index contributed by atoms with van der Waals surface area (Å²) in [6, 6.07) is 9.62. The van der Waals surface area contributed by atoms with Crippen molar-refractivity contribution in [1.29, 1.82) is 0 Å². The minimum Gasteiger partial charge on any atom is -0.354 e. The van der Waals surface area contributed by atoms with Gasteiger partial charge >= 0.3 is 0 Å². The van der Waals surface area contributed by atoms with Gasteiger partial charge in [-0.3, -0.25) is 15.2 Å². The normalized spacial score (nSPS) is 14.9. The molecule has 2 rings (SSSR count). The maximum atomic E-state index is 11.4. The second kappa shape index (κ2) is 6.75. The summed E-state index contributed by atoms with van der Waals surface area (Å²) in [4.78, 5) is 15.6. The molecule has 1 amide bonds. The van der Waals surface area contributed by atoms with Gasteiger partial charge < -0.3 is 10.6 Å². The molecule has 0 saturated heterocycles. The number of hydrazine groups is 1. The fourth-order valence-electron chi connectivity index (χ4n) is 1.62. The highest BCUT2D eigenvalue weighted by atomic mass is 16.2. The van der Waals surface area contributed by atoms with Gasteiger partial charge in [0, 0.05) is 18.2 Å². The molecule has 0 heterocycles. The average Bonchev–Trinajstić information content (AvgIpc) is 3.27. The Bertz CT molecular complexity index is 442. The highest BCUT2D eigenvalue weighted by Crippen LogP contribution is 2.28. The highest BCUT2D eigenvalue weighted by Gasteiger charge is 2.28. The van der Waals surface area contributed by atoms with E-state index >= 15 is 0 Å². The molecule has 1 aromatic carbocycles. The number of guanidine groups is 1. The Morgan fingerprint density at radius 3 is 2.68 bits per heavy atom. The number of hydrogen-bond donors (Lipinski definition) is 4. The predicted molar refractivity (Wildman–Crippen MR) is 75.4 cm³/mol. The second-order valence-electron chi connectivity index (χ2n) is 4.43. The minimum absolute atomic E-state index is 0.133. The van der Waals surface area contributed by atoms with Crippen molar-refractivity contribution in [3.63, 3.8) is 0 Å². The molecule has 0 aromatic heterocycles. The molecule has 0 unspecified atom stereocenters. The number of carbonyl (C=O) groups excluding carboxylic acids is 1. The predicted octanol–water partition coefficient (Wildman–Crippen LogP) is 0.444. The molecular formula is C13H19N5O. The van der Waals surface area contributed by atoms with E-state index in [1.807, 2.05) is 30.3 Å².